The summed E-state index contributed by atoms with van der Waals surface area (Å²) in [5.41, 5.74) is 7.71. The minimum atomic E-state index is 1.27. The summed E-state index contributed by atoms with van der Waals surface area (Å²) in [5.74, 6) is 0. The van der Waals surface area contributed by atoms with Crippen LogP contribution in [0.25, 0.3) is 22.3 Å². The number of benzene rings is 3. The van der Waals surface area contributed by atoms with Gasteiger partial charge in [-0.05, 0) is 47.7 Å². The van der Waals surface area contributed by atoms with E-state index in [4.69, 9.17) is 0 Å². The summed E-state index contributed by atoms with van der Waals surface area (Å²) in [6.45, 7) is 4.29. The van der Waals surface area contributed by atoms with Crippen LogP contribution >= 0.6 is 0 Å². The van der Waals surface area contributed by atoms with E-state index in [1.165, 1.54) is 33.4 Å². The third kappa shape index (κ3) is 2.65. The van der Waals surface area contributed by atoms with E-state index >= 15 is 0 Å². The second kappa shape index (κ2) is 5.34. The second-order valence-corrected chi connectivity index (χ2v) is 5.32. The van der Waals surface area contributed by atoms with Gasteiger partial charge in [0, 0.05) is 0 Å². The number of hydrogen-bond donors (Lipinski definition) is 0. The molecule has 98 valence electrons. The maximum absolute atomic E-state index is 2.27. The van der Waals surface area contributed by atoms with Crippen LogP contribution in [0.3, 0.4) is 0 Å². The van der Waals surface area contributed by atoms with Crippen molar-refractivity contribution in [1.82, 2.24) is 0 Å². The van der Waals surface area contributed by atoms with Crippen molar-refractivity contribution in [3.8, 4) is 22.3 Å². The summed E-state index contributed by atoms with van der Waals surface area (Å²) in [6, 6.07) is 26.0. The summed E-state index contributed by atoms with van der Waals surface area (Å²) < 4.78 is 0. The molecular formula is C20H18. The maximum Gasteiger partial charge on any atom is -0.0175 e. The van der Waals surface area contributed by atoms with Gasteiger partial charge in [0.05, 0.1) is 0 Å². The van der Waals surface area contributed by atoms with Crippen molar-refractivity contribution in [2.45, 2.75) is 13.8 Å². The first-order valence-corrected chi connectivity index (χ1v) is 6.96. The number of aryl methyl sites for hydroxylation is 2. The third-order valence-corrected chi connectivity index (χ3v) is 3.54. The first-order valence-electron chi connectivity index (χ1n) is 6.96. The molecule has 0 fully saturated rings. The van der Waals surface area contributed by atoms with Crippen LogP contribution in [0.4, 0.5) is 0 Å². The molecule has 0 heteroatoms. The maximum atomic E-state index is 2.27. The molecule has 0 nitrogen and oxygen atoms in total. The summed E-state index contributed by atoms with van der Waals surface area (Å²) in [4.78, 5) is 0. The van der Waals surface area contributed by atoms with Gasteiger partial charge in [0.25, 0.3) is 0 Å². The Kier molecular flexibility index (Phi) is 3.39. The zero-order chi connectivity index (χ0) is 13.9. The van der Waals surface area contributed by atoms with Crippen molar-refractivity contribution in [2.75, 3.05) is 0 Å². The summed E-state index contributed by atoms with van der Waals surface area (Å²) in [5, 5.41) is 0. The molecule has 20 heavy (non-hydrogen) atoms. The van der Waals surface area contributed by atoms with Crippen LogP contribution in [0.2, 0.25) is 0 Å². The van der Waals surface area contributed by atoms with Crippen LogP contribution in [0.5, 0.6) is 0 Å². The van der Waals surface area contributed by atoms with Gasteiger partial charge in [-0.25, -0.2) is 0 Å². The topological polar surface area (TPSA) is 0 Å². The van der Waals surface area contributed by atoms with Crippen LogP contribution < -0.4 is 0 Å². The lowest BCUT2D eigenvalue weighted by molar-refractivity contribution is 1.43. The average Bonchev–Trinajstić information content (AvgIpc) is 2.47. The highest BCUT2D eigenvalue weighted by Crippen LogP contribution is 2.28. The Morgan fingerprint density at radius 2 is 1.05 bits per heavy atom. The SMILES string of the molecule is Cc1cccc(-c2cc(C)cc(-c3ccccc3)c2)c1. The first-order chi connectivity index (χ1) is 9.72. The fourth-order valence-electron chi connectivity index (χ4n) is 2.57. The van der Waals surface area contributed by atoms with Crippen LogP contribution in [0.1, 0.15) is 11.1 Å². The molecule has 0 bridgehead atoms. The van der Waals surface area contributed by atoms with Gasteiger partial charge in [-0.2, -0.15) is 0 Å². The standard InChI is InChI=1S/C20H18/c1-15-7-6-10-18(11-15)20-13-16(2)12-19(14-20)17-8-4-3-5-9-17/h3-14H,1-2H3. The summed E-state index contributed by atoms with van der Waals surface area (Å²) in [7, 11) is 0. The fraction of sp³-hybridized carbons (Fsp3) is 0.100. The summed E-state index contributed by atoms with van der Waals surface area (Å²) in [6.07, 6.45) is 0. The molecule has 0 aliphatic carbocycles. The van der Waals surface area contributed by atoms with E-state index in [-0.39, 0.29) is 0 Å². The van der Waals surface area contributed by atoms with Crippen molar-refractivity contribution >= 4 is 0 Å². The Balaban J connectivity index is 2.12. The lowest BCUT2D eigenvalue weighted by atomic mass is 9.96. The summed E-state index contributed by atoms with van der Waals surface area (Å²) >= 11 is 0. The molecule has 3 aromatic rings. The van der Waals surface area contributed by atoms with Gasteiger partial charge < -0.3 is 0 Å². The van der Waals surface area contributed by atoms with Crippen LogP contribution in [0.15, 0.2) is 72.8 Å². The van der Waals surface area contributed by atoms with E-state index in [0.29, 0.717) is 0 Å². The van der Waals surface area contributed by atoms with E-state index in [0.717, 1.165) is 0 Å². The highest BCUT2D eigenvalue weighted by molar-refractivity contribution is 5.74. The van der Waals surface area contributed by atoms with E-state index in [1.807, 2.05) is 0 Å². The fourth-order valence-corrected chi connectivity index (χ4v) is 2.57. The van der Waals surface area contributed by atoms with Crippen molar-refractivity contribution < 1.29 is 0 Å². The quantitative estimate of drug-likeness (QED) is 0.558. The van der Waals surface area contributed by atoms with Crippen molar-refractivity contribution in [2.24, 2.45) is 0 Å². The Bertz CT molecular complexity index is 724. The van der Waals surface area contributed by atoms with Crippen molar-refractivity contribution in [3.05, 3.63) is 83.9 Å². The molecule has 0 aliphatic rings. The van der Waals surface area contributed by atoms with Crippen LogP contribution in [-0.2, 0) is 0 Å². The smallest absolute Gasteiger partial charge is 0.0175 e. The molecule has 0 radical (unpaired) electrons. The van der Waals surface area contributed by atoms with Crippen LogP contribution in [0, 0.1) is 13.8 Å². The molecular weight excluding hydrogens is 240 g/mol. The third-order valence-electron chi connectivity index (χ3n) is 3.54. The van der Waals surface area contributed by atoms with E-state index in [2.05, 4.69) is 86.6 Å². The van der Waals surface area contributed by atoms with Gasteiger partial charge in [-0.3, -0.25) is 0 Å². The zero-order valence-corrected chi connectivity index (χ0v) is 11.9. The number of rotatable bonds is 2. The van der Waals surface area contributed by atoms with Gasteiger partial charge in [0.15, 0.2) is 0 Å². The molecule has 3 aromatic carbocycles. The van der Waals surface area contributed by atoms with E-state index in [9.17, 15) is 0 Å². The Labute approximate surface area is 120 Å². The lowest BCUT2D eigenvalue weighted by Crippen LogP contribution is -1.85. The molecule has 0 aromatic heterocycles. The normalized spacial score (nSPS) is 10.5. The van der Waals surface area contributed by atoms with Gasteiger partial charge in [-0.1, -0.05) is 72.3 Å². The Morgan fingerprint density at radius 3 is 1.75 bits per heavy atom. The molecule has 0 N–H and O–H groups in total. The predicted molar refractivity (Wildman–Crippen MR) is 86.8 cm³/mol. The largest absolute Gasteiger partial charge is 0.0622 e. The predicted octanol–water partition coefficient (Wildman–Crippen LogP) is 5.64. The minimum absolute atomic E-state index is 1.27. The molecule has 0 unspecified atom stereocenters. The van der Waals surface area contributed by atoms with Crippen molar-refractivity contribution in [3.63, 3.8) is 0 Å². The zero-order valence-electron chi connectivity index (χ0n) is 11.9. The van der Waals surface area contributed by atoms with Crippen LogP contribution in [-0.4, -0.2) is 0 Å². The molecule has 0 amide bonds. The molecule has 0 spiro atoms. The molecule has 0 saturated carbocycles. The monoisotopic (exact) mass is 258 g/mol. The Hall–Kier alpha value is -2.34. The lowest BCUT2D eigenvalue weighted by Gasteiger charge is -2.09. The van der Waals surface area contributed by atoms with Gasteiger partial charge in [0.2, 0.25) is 0 Å². The van der Waals surface area contributed by atoms with Gasteiger partial charge in [0.1, 0.15) is 0 Å². The highest BCUT2D eigenvalue weighted by Gasteiger charge is 2.03. The molecule has 3 rings (SSSR count). The van der Waals surface area contributed by atoms with Gasteiger partial charge in [-0.15, -0.1) is 0 Å². The average molecular weight is 258 g/mol. The molecule has 0 atom stereocenters. The molecule has 0 aliphatic heterocycles. The first kappa shape index (κ1) is 12.7. The van der Waals surface area contributed by atoms with E-state index in [1.54, 1.807) is 0 Å². The van der Waals surface area contributed by atoms with Gasteiger partial charge >= 0.3 is 0 Å². The molecule has 0 saturated heterocycles. The minimum Gasteiger partial charge on any atom is -0.0622 e. The Morgan fingerprint density at radius 1 is 0.450 bits per heavy atom. The number of hydrogen-bond acceptors (Lipinski definition) is 0. The van der Waals surface area contributed by atoms with Crippen molar-refractivity contribution in [1.29, 1.82) is 0 Å². The highest BCUT2D eigenvalue weighted by atomic mass is 14.1. The second-order valence-electron chi connectivity index (χ2n) is 5.32. The van der Waals surface area contributed by atoms with E-state index < -0.39 is 0 Å². The molecule has 0 heterocycles.